The molecule has 3 aromatic heterocycles. The Morgan fingerprint density at radius 3 is 2.82 bits per heavy atom. The summed E-state index contributed by atoms with van der Waals surface area (Å²) in [5, 5.41) is 6.31. The molecule has 0 radical (unpaired) electrons. The third-order valence-electron chi connectivity index (χ3n) is 6.88. The summed E-state index contributed by atoms with van der Waals surface area (Å²) in [4.78, 5) is 19.5. The van der Waals surface area contributed by atoms with Gasteiger partial charge in [0.25, 0.3) is 5.91 Å². The first kappa shape index (κ1) is 20.2. The number of benzene rings is 2. The highest BCUT2D eigenvalue weighted by Gasteiger charge is 2.22. The Balaban J connectivity index is 1.37. The zero-order valence-corrected chi connectivity index (χ0v) is 19.6. The van der Waals surface area contributed by atoms with Crippen molar-refractivity contribution in [2.45, 2.75) is 39.7 Å². The van der Waals surface area contributed by atoms with E-state index in [4.69, 9.17) is 10.7 Å². The number of hydrogen-bond acceptors (Lipinski definition) is 4. The summed E-state index contributed by atoms with van der Waals surface area (Å²) in [6.07, 6.45) is 3.19. The molecule has 166 valence electrons. The molecular weight excluding hydrogens is 428 g/mol. The van der Waals surface area contributed by atoms with Crippen LogP contribution >= 0.6 is 11.3 Å². The van der Waals surface area contributed by atoms with Crippen LogP contribution in [-0.2, 0) is 19.4 Å². The lowest BCUT2D eigenvalue weighted by molar-refractivity contribution is 0.103. The van der Waals surface area contributed by atoms with Crippen molar-refractivity contribution in [3.8, 4) is 0 Å². The van der Waals surface area contributed by atoms with Gasteiger partial charge in [-0.05, 0) is 68.0 Å². The van der Waals surface area contributed by atoms with Crippen LogP contribution in [0.5, 0.6) is 0 Å². The predicted molar refractivity (Wildman–Crippen MR) is 138 cm³/mol. The van der Waals surface area contributed by atoms with Gasteiger partial charge in [0.1, 0.15) is 9.71 Å². The first-order valence-electron chi connectivity index (χ1n) is 11.6. The molecule has 1 atom stereocenters. The molecule has 1 amide bonds. The van der Waals surface area contributed by atoms with Crippen molar-refractivity contribution in [3.05, 3.63) is 64.7 Å². The minimum absolute atomic E-state index is 0.180. The average molecular weight is 455 g/mol. The lowest BCUT2D eigenvalue weighted by atomic mass is 9.87. The lowest BCUT2D eigenvalue weighted by Crippen LogP contribution is -2.12. The van der Waals surface area contributed by atoms with Crippen LogP contribution in [0.1, 0.15) is 41.2 Å². The Labute approximate surface area is 196 Å². The topological polar surface area (TPSA) is 72.9 Å². The van der Waals surface area contributed by atoms with Crippen LogP contribution in [0, 0.1) is 5.92 Å². The number of anilines is 2. The monoisotopic (exact) mass is 454 g/mol. The first-order valence-corrected chi connectivity index (χ1v) is 12.4. The van der Waals surface area contributed by atoms with E-state index in [2.05, 4.69) is 66.2 Å². The smallest absolute Gasteiger partial charge is 0.267 e. The van der Waals surface area contributed by atoms with Crippen LogP contribution in [0.4, 0.5) is 11.4 Å². The van der Waals surface area contributed by atoms with Crippen LogP contribution < -0.4 is 11.1 Å². The number of aromatic nitrogens is 2. The molecule has 1 aliphatic rings. The third kappa shape index (κ3) is 3.20. The molecule has 5 aromatic rings. The van der Waals surface area contributed by atoms with Gasteiger partial charge in [-0.25, -0.2) is 4.98 Å². The third-order valence-corrected chi connectivity index (χ3v) is 8.00. The summed E-state index contributed by atoms with van der Waals surface area (Å²) >= 11 is 1.39. The molecule has 6 heteroatoms. The zero-order valence-electron chi connectivity index (χ0n) is 18.8. The molecule has 0 saturated heterocycles. The fourth-order valence-corrected chi connectivity index (χ4v) is 6.19. The normalized spacial score (nSPS) is 15.9. The van der Waals surface area contributed by atoms with Gasteiger partial charge in [-0.2, -0.15) is 0 Å². The molecule has 1 unspecified atom stereocenters. The molecule has 33 heavy (non-hydrogen) atoms. The van der Waals surface area contributed by atoms with Crippen molar-refractivity contribution in [3.63, 3.8) is 0 Å². The molecule has 0 spiro atoms. The van der Waals surface area contributed by atoms with Crippen LogP contribution in [0.25, 0.3) is 32.0 Å². The molecular formula is C27H26N4OS. The maximum Gasteiger partial charge on any atom is 0.267 e. The van der Waals surface area contributed by atoms with E-state index in [1.165, 1.54) is 33.3 Å². The van der Waals surface area contributed by atoms with E-state index in [1.54, 1.807) is 0 Å². The Morgan fingerprint density at radius 2 is 1.97 bits per heavy atom. The molecule has 6 rings (SSSR count). The van der Waals surface area contributed by atoms with Crippen molar-refractivity contribution in [1.82, 2.24) is 9.55 Å². The van der Waals surface area contributed by atoms with Gasteiger partial charge in [0.15, 0.2) is 0 Å². The van der Waals surface area contributed by atoms with Gasteiger partial charge in [0.05, 0.1) is 5.69 Å². The number of nitrogens with one attached hydrogen (secondary N) is 1. The maximum absolute atomic E-state index is 13.2. The quantitative estimate of drug-likeness (QED) is 0.332. The van der Waals surface area contributed by atoms with Crippen LogP contribution in [0.15, 0.2) is 48.5 Å². The predicted octanol–water partition coefficient (Wildman–Crippen LogP) is 6.38. The van der Waals surface area contributed by atoms with Crippen LogP contribution in [0.2, 0.25) is 0 Å². The lowest BCUT2D eigenvalue weighted by Gasteiger charge is -2.20. The van der Waals surface area contributed by atoms with Crippen LogP contribution in [0.3, 0.4) is 0 Å². The fourth-order valence-electron chi connectivity index (χ4n) is 5.20. The zero-order chi connectivity index (χ0) is 22.7. The largest absolute Gasteiger partial charge is 0.397 e. The van der Waals surface area contributed by atoms with Crippen molar-refractivity contribution in [2.24, 2.45) is 5.92 Å². The number of amides is 1. The number of carbonyl (C=O) groups excluding carboxylic acids is 1. The average Bonchev–Trinajstić information content (AvgIpc) is 3.31. The highest BCUT2D eigenvalue weighted by Crippen LogP contribution is 2.37. The van der Waals surface area contributed by atoms with E-state index < -0.39 is 0 Å². The molecule has 3 heterocycles. The van der Waals surface area contributed by atoms with E-state index in [0.717, 1.165) is 52.8 Å². The van der Waals surface area contributed by atoms with Gasteiger partial charge in [-0.3, -0.25) is 4.79 Å². The SMILES string of the molecule is CCn1c2ccccc2c2cc(NC(=O)c3sc4nc5c(cc4c3N)CC(C)CC5)ccc21. The van der Waals surface area contributed by atoms with E-state index in [-0.39, 0.29) is 5.91 Å². The van der Waals surface area contributed by atoms with Gasteiger partial charge >= 0.3 is 0 Å². The molecule has 0 aliphatic heterocycles. The van der Waals surface area contributed by atoms with Crippen molar-refractivity contribution in [2.75, 3.05) is 11.1 Å². The number of rotatable bonds is 3. The van der Waals surface area contributed by atoms with Crippen molar-refractivity contribution >= 4 is 60.6 Å². The van der Waals surface area contributed by atoms with E-state index in [0.29, 0.717) is 16.5 Å². The van der Waals surface area contributed by atoms with E-state index in [9.17, 15) is 4.79 Å². The van der Waals surface area contributed by atoms with Gasteiger partial charge in [-0.15, -0.1) is 11.3 Å². The summed E-state index contributed by atoms with van der Waals surface area (Å²) in [6, 6.07) is 16.7. The minimum atomic E-state index is -0.180. The highest BCUT2D eigenvalue weighted by atomic mass is 32.1. The number of fused-ring (bicyclic) bond motifs is 5. The number of pyridine rings is 1. The number of nitrogens with two attached hydrogens (primary N) is 1. The van der Waals surface area contributed by atoms with E-state index in [1.807, 2.05) is 6.07 Å². The van der Waals surface area contributed by atoms with E-state index >= 15 is 0 Å². The number of hydrogen-bond donors (Lipinski definition) is 2. The Bertz CT molecular complexity index is 1560. The summed E-state index contributed by atoms with van der Waals surface area (Å²) in [7, 11) is 0. The minimum Gasteiger partial charge on any atom is -0.397 e. The first-order chi connectivity index (χ1) is 16.0. The fraction of sp³-hybridized carbons (Fsp3) is 0.259. The molecule has 1 aliphatic carbocycles. The van der Waals surface area contributed by atoms with Crippen LogP contribution in [-0.4, -0.2) is 15.5 Å². The second-order valence-corrected chi connectivity index (χ2v) is 10.1. The van der Waals surface area contributed by atoms with Crippen molar-refractivity contribution in [1.29, 1.82) is 0 Å². The van der Waals surface area contributed by atoms with Gasteiger partial charge in [-0.1, -0.05) is 25.1 Å². The highest BCUT2D eigenvalue weighted by molar-refractivity contribution is 7.21. The number of nitrogens with zero attached hydrogens (tertiary/aromatic N) is 2. The number of thiophene rings is 1. The standard InChI is InChI=1S/C27H26N4OS/c1-3-31-22-7-5-4-6-18(22)19-14-17(9-11-23(19)31)29-26(32)25-24(28)20-13-16-12-15(2)8-10-21(16)30-27(20)33-25/h4-7,9,11,13-15H,3,8,10,12,28H2,1-2H3,(H,29,32). The van der Waals surface area contributed by atoms with Crippen molar-refractivity contribution < 1.29 is 4.79 Å². The summed E-state index contributed by atoms with van der Waals surface area (Å²) < 4.78 is 2.30. The number of nitrogen functional groups attached to an aromatic ring is 1. The number of aryl methyl sites for hydroxylation is 2. The molecule has 0 saturated carbocycles. The Hall–Kier alpha value is -3.38. The summed E-state index contributed by atoms with van der Waals surface area (Å²) in [6.45, 7) is 5.32. The number of para-hydroxylation sites is 1. The molecule has 0 bridgehead atoms. The summed E-state index contributed by atoms with van der Waals surface area (Å²) in [5.41, 5.74) is 12.6. The number of carbonyl (C=O) groups is 1. The Morgan fingerprint density at radius 1 is 1.15 bits per heavy atom. The second kappa shape index (κ2) is 7.59. The summed E-state index contributed by atoms with van der Waals surface area (Å²) in [5.74, 6) is 0.480. The second-order valence-electron chi connectivity index (χ2n) is 9.09. The maximum atomic E-state index is 13.2. The van der Waals surface area contributed by atoms with Gasteiger partial charge in [0, 0.05) is 45.1 Å². The Kier molecular flexibility index (Phi) is 4.66. The molecule has 0 fully saturated rings. The molecule has 2 aromatic carbocycles. The van der Waals surface area contributed by atoms with Gasteiger partial charge in [0.2, 0.25) is 0 Å². The molecule has 3 N–H and O–H groups in total. The molecule has 5 nitrogen and oxygen atoms in total. The van der Waals surface area contributed by atoms with Gasteiger partial charge < -0.3 is 15.6 Å².